The summed E-state index contributed by atoms with van der Waals surface area (Å²) in [5.74, 6) is 0.303. The summed E-state index contributed by atoms with van der Waals surface area (Å²) in [7, 11) is 0. The number of hydrogen-bond donors (Lipinski definition) is 1. The van der Waals surface area contributed by atoms with E-state index >= 15 is 0 Å². The second kappa shape index (κ2) is 4.99. The van der Waals surface area contributed by atoms with Gasteiger partial charge in [-0.05, 0) is 42.2 Å². The van der Waals surface area contributed by atoms with E-state index < -0.39 is 0 Å². The van der Waals surface area contributed by atoms with Crippen LogP contribution in [0.15, 0.2) is 42.6 Å². The van der Waals surface area contributed by atoms with Gasteiger partial charge in [-0.3, -0.25) is 0 Å². The van der Waals surface area contributed by atoms with Crippen molar-refractivity contribution in [2.75, 3.05) is 0 Å². The lowest BCUT2D eigenvalue weighted by Crippen LogP contribution is -1.91. The second-order valence-electron chi connectivity index (χ2n) is 3.66. The van der Waals surface area contributed by atoms with Crippen LogP contribution in [-0.2, 0) is 12.8 Å². The summed E-state index contributed by atoms with van der Waals surface area (Å²) in [6.07, 6.45) is 3.65. The van der Waals surface area contributed by atoms with Gasteiger partial charge < -0.3 is 5.11 Å². The topological polar surface area (TPSA) is 33.1 Å². The molecular formula is C13H12ClNO. The summed E-state index contributed by atoms with van der Waals surface area (Å²) in [5, 5.41) is 9.67. The Morgan fingerprint density at radius 1 is 0.938 bits per heavy atom. The van der Waals surface area contributed by atoms with Crippen LogP contribution in [0.4, 0.5) is 0 Å². The number of hydrogen-bond acceptors (Lipinski definition) is 2. The second-order valence-corrected chi connectivity index (χ2v) is 4.04. The molecule has 0 radical (unpaired) electrons. The Balaban J connectivity index is 1.97. The van der Waals surface area contributed by atoms with E-state index in [1.807, 2.05) is 18.2 Å². The maximum atomic E-state index is 9.15. The predicted octanol–water partition coefficient (Wildman–Crippen LogP) is 3.23. The van der Waals surface area contributed by atoms with Crippen LogP contribution in [0, 0.1) is 0 Å². The van der Waals surface area contributed by atoms with Crippen molar-refractivity contribution in [2.45, 2.75) is 12.8 Å². The third-order valence-electron chi connectivity index (χ3n) is 2.43. The van der Waals surface area contributed by atoms with E-state index in [4.69, 9.17) is 16.7 Å². The molecule has 1 aromatic heterocycles. The van der Waals surface area contributed by atoms with Crippen molar-refractivity contribution in [3.05, 3.63) is 58.9 Å². The van der Waals surface area contributed by atoms with E-state index in [1.54, 1.807) is 24.4 Å². The van der Waals surface area contributed by atoms with Gasteiger partial charge in [-0.2, -0.15) is 0 Å². The molecule has 82 valence electrons. The first-order valence-corrected chi connectivity index (χ1v) is 5.50. The molecule has 0 unspecified atom stereocenters. The van der Waals surface area contributed by atoms with Crippen LogP contribution in [0.5, 0.6) is 5.75 Å². The SMILES string of the molecule is Oc1ccc(CCc2ccc(Cl)nc2)cc1. The van der Waals surface area contributed by atoms with Crippen molar-refractivity contribution < 1.29 is 5.11 Å². The normalized spacial score (nSPS) is 10.3. The van der Waals surface area contributed by atoms with Gasteiger partial charge in [0.1, 0.15) is 10.9 Å². The maximum Gasteiger partial charge on any atom is 0.129 e. The zero-order chi connectivity index (χ0) is 11.4. The van der Waals surface area contributed by atoms with Crippen molar-refractivity contribution in [1.29, 1.82) is 0 Å². The number of rotatable bonds is 3. The number of nitrogens with zero attached hydrogens (tertiary/aromatic N) is 1. The summed E-state index contributed by atoms with van der Waals surface area (Å²) in [5.41, 5.74) is 2.37. The molecule has 2 aromatic rings. The minimum atomic E-state index is 0.303. The molecule has 1 aromatic carbocycles. The summed E-state index contributed by atoms with van der Waals surface area (Å²) < 4.78 is 0. The number of halogens is 1. The zero-order valence-corrected chi connectivity index (χ0v) is 9.48. The minimum Gasteiger partial charge on any atom is -0.508 e. The van der Waals surface area contributed by atoms with Crippen LogP contribution in [0.1, 0.15) is 11.1 Å². The Labute approximate surface area is 99.5 Å². The molecule has 1 heterocycles. The van der Waals surface area contributed by atoms with E-state index in [9.17, 15) is 0 Å². The minimum absolute atomic E-state index is 0.303. The van der Waals surface area contributed by atoms with Crippen molar-refractivity contribution in [1.82, 2.24) is 4.98 Å². The number of phenolic OH excluding ortho intramolecular Hbond substituents is 1. The fourth-order valence-electron chi connectivity index (χ4n) is 1.51. The molecule has 0 amide bonds. The summed E-state index contributed by atoms with van der Waals surface area (Å²) in [6, 6.07) is 11.0. The predicted molar refractivity (Wildman–Crippen MR) is 64.8 cm³/mol. The van der Waals surface area contributed by atoms with Gasteiger partial charge in [-0.15, -0.1) is 0 Å². The number of aromatic hydroxyl groups is 1. The number of benzene rings is 1. The number of phenols is 1. The lowest BCUT2D eigenvalue weighted by molar-refractivity contribution is 0.475. The average molecular weight is 234 g/mol. The van der Waals surface area contributed by atoms with Crippen LogP contribution in [0.25, 0.3) is 0 Å². The van der Waals surface area contributed by atoms with Gasteiger partial charge in [0.05, 0.1) is 0 Å². The number of pyridine rings is 1. The van der Waals surface area contributed by atoms with Gasteiger partial charge in [0.2, 0.25) is 0 Å². The molecule has 2 nitrogen and oxygen atoms in total. The van der Waals surface area contributed by atoms with Crippen molar-refractivity contribution in [2.24, 2.45) is 0 Å². The number of aryl methyl sites for hydroxylation is 2. The first kappa shape index (κ1) is 11.0. The van der Waals surface area contributed by atoms with E-state index in [0.29, 0.717) is 10.9 Å². The van der Waals surface area contributed by atoms with Crippen LogP contribution in [-0.4, -0.2) is 10.1 Å². The lowest BCUT2D eigenvalue weighted by Gasteiger charge is -2.02. The van der Waals surface area contributed by atoms with Gasteiger partial charge >= 0.3 is 0 Å². The van der Waals surface area contributed by atoms with Gasteiger partial charge in [0.25, 0.3) is 0 Å². The van der Waals surface area contributed by atoms with Gasteiger partial charge in [0, 0.05) is 6.20 Å². The monoisotopic (exact) mass is 233 g/mol. The number of aromatic nitrogens is 1. The van der Waals surface area contributed by atoms with Crippen molar-refractivity contribution in [3.8, 4) is 5.75 Å². The lowest BCUT2D eigenvalue weighted by atomic mass is 10.1. The fraction of sp³-hybridized carbons (Fsp3) is 0.154. The van der Waals surface area contributed by atoms with E-state index in [0.717, 1.165) is 18.4 Å². The fourth-order valence-corrected chi connectivity index (χ4v) is 1.62. The standard InChI is InChI=1S/C13H12ClNO/c14-13-8-5-11(9-15-13)2-1-10-3-6-12(16)7-4-10/h3-9,16H,1-2H2. The first-order chi connectivity index (χ1) is 7.74. The highest BCUT2D eigenvalue weighted by atomic mass is 35.5. The third kappa shape index (κ3) is 2.97. The largest absolute Gasteiger partial charge is 0.508 e. The Kier molecular flexibility index (Phi) is 3.42. The highest BCUT2D eigenvalue weighted by molar-refractivity contribution is 6.29. The molecule has 0 saturated heterocycles. The Morgan fingerprint density at radius 2 is 1.56 bits per heavy atom. The molecule has 0 spiro atoms. The quantitative estimate of drug-likeness (QED) is 0.826. The Bertz CT molecular complexity index is 405. The highest BCUT2D eigenvalue weighted by Gasteiger charge is 1.97. The molecule has 2 rings (SSSR count). The molecule has 1 N–H and O–H groups in total. The smallest absolute Gasteiger partial charge is 0.129 e. The van der Waals surface area contributed by atoms with E-state index in [1.165, 1.54) is 5.56 Å². The summed E-state index contributed by atoms with van der Waals surface area (Å²) >= 11 is 5.71. The summed E-state index contributed by atoms with van der Waals surface area (Å²) in [6.45, 7) is 0. The first-order valence-electron chi connectivity index (χ1n) is 5.12. The third-order valence-corrected chi connectivity index (χ3v) is 2.65. The maximum absolute atomic E-state index is 9.15. The molecule has 3 heteroatoms. The van der Waals surface area contributed by atoms with Crippen LogP contribution < -0.4 is 0 Å². The van der Waals surface area contributed by atoms with Crippen LogP contribution in [0.2, 0.25) is 5.15 Å². The van der Waals surface area contributed by atoms with Crippen LogP contribution in [0.3, 0.4) is 0 Å². The van der Waals surface area contributed by atoms with Gasteiger partial charge in [-0.25, -0.2) is 4.98 Å². The molecule has 0 bridgehead atoms. The van der Waals surface area contributed by atoms with Crippen molar-refractivity contribution >= 4 is 11.6 Å². The molecule has 0 aliphatic heterocycles. The molecule has 0 atom stereocenters. The molecule has 0 fully saturated rings. The van der Waals surface area contributed by atoms with Crippen LogP contribution >= 0.6 is 11.6 Å². The Hall–Kier alpha value is -1.54. The Morgan fingerprint density at radius 3 is 2.19 bits per heavy atom. The van der Waals surface area contributed by atoms with E-state index in [2.05, 4.69) is 4.98 Å². The zero-order valence-electron chi connectivity index (χ0n) is 8.73. The molecule has 16 heavy (non-hydrogen) atoms. The molecule has 0 saturated carbocycles. The van der Waals surface area contributed by atoms with Gasteiger partial charge in [0.15, 0.2) is 0 Å². The molecular weight excluding hydrogens is 222 g/mol. The van der Waals surface area contributed by atoms with E-state index in [-0.39, 0.29) is 0 Å². The highest BCUT2D eigenvalue weighted by Crippen LogP contribution is 2.12. The molecule has 0 aliphatic carbocycles. The van der Waals surface area contributed by atoms with Crippen molar-refractivity contribution in [3.63, 3.8) is 0 Å². The summed E-state index contributed by atoms with van der Waals surface area (Å²) in [4.78, 5) is 4.03. The average Bonchev–Trinajstić information content (AvgIpc) is 2.30. The molecule has 0 aliphatic rings. The van der Waals surface area contributed by atoms with Gasteiger partial charge in [-0.1, -0.05) is 29.8 Å².